The second kappa shape index (κ2) is 13.3. The van der Waals surface area contributed by atoms with E-state index in [-0.39, 0.29) is 0 Å². The van der Waals surface area contributed by atoms with Crippen molar-refractivity contribution in [3.63, 3.8) is 0 Å². The molecule has 0 spiro atoms. The van der Waals surface area contributed by atoms with Crippen LogP contribution in [-0.4, -0.2) is 19.5 Å². The molecule has 0 atom stereocenters. The number of thiophene rings is 1. The van der Waals surface area contributed by atoms with E-state index in [1.807, 2.05) is 47.7 Å². The highest BCUT2D eigenvalue weighted by atomic mass is 32.1. The third-order valence-electron chi connectivity index (χ3n) is 10.7. The molecule has 0 aliphatic rings. The van der Waals surface area contributed by atoms with E-state index in [1.54, 1.807) is 0 Å². The zero-order chi connectivity index (χ0) is 37.0. The highest BCUT2D eigenvalue weighted by molar-refractivity contribution is 7.26. The molecule has 0 bridgehead atoms. The van der Waals surface area contributed by atoms with Crippen molar-refractivity contribution in [2.45, 2.75) is 0 Å². The molecule has 4 nitrogen and oxygen atoms in total. The Morgan fingerprint density at radius 2 is 0.929 bits per heavy atom. The topological polar surface area (TPSA) is 43.6 Å². The molecule has 0 unspecified atom stereocenters. The van der Waals surface area contributed by atoms with E-state index in [2.05, 4.69) is 162 Å². The van der Waals surface area contributed by atoms with Gasteiger partial charge in [0.25, 0.3) is 0 Å². The summed E-state index contributed by atoms with van der Waals surface area (Å²) in [5.74, 6) is 1.92. The predicted octanol–water partition coefficient (Wildman–Crippen LogP) is 13.7. The molecule has 0 fully saturated rings. The van der Waals surface area contributed by atoms with Crippen LogP contribution >= 0.6 is 11.3 Å². The summed E-state index contributed by atoms with van der Waals surface area (Å²) in [5.41, 5.74) is 10.9. The SMILES string of the molecule is c1ccc(-c2ccc(-c3ccc4c(c3)sc3c4ccc4c3c3ccccc3n4-c3ccccc3)c(-c3nc(-c4ccccc4)nc(-c4ccccc4)n3)c2)cc1. The summed E-state index contributed by atoms with van der Waals surface area (Å²) < 4.78 is 4.94. The van der Waals surface area contributed by atoms with Crippen molar-refractivity contribution in [1.82, 2.24) is 19.5 Å². The van der Waals surface area contributed by atoms with Crippen LogP contribution in [0, 0.1) is 0 Å². The smallest absolute Gasteiger partial charge is 0.164 e. The van der Waals surface area contributed by atoms with Gasteiger partial charge in [-0.15, -0.1) is 11.3 Å². The molecular formula is C51H32N4S. The summed E-state index contributed by atoms with van der Waals surface area (Å²) >= 11 is 1.87. The van der Waals surface area contributed by atoms with Crippen LogP contribution in [0.4, 0.5) is 0 Å². The molecule has 3 aromatic heterocycles. The van der Waals surface area contributed by atoms with Gasteiger partial charge in [-0.25, -0.2) is 15.0 Å². The van der Waals surface area contributed by atoms with Crippen LogP contribution in [0.2, 0.25) is 0 Å². The van der Waals surface area contributed by atoms with Crippen LogP contribution < -0.4 is 0 Å². The predicted molar refractivity (Wildman–Crippen MR) is 234 cm³/mol. The number of aromatic nitrogens is 4. The Balaban J connectivity index is 1.14. The molecule has 5 heteroatoms. The fourth-order valence-electron chi connectivity index (χ4n) is 8.03. The first kappa shape index (κ1) is 32.2. The molecule has 0 aliphatic heterocycles. The van der Waals surface area contributed by atoms with Crippen LogP contribution in [-0.2, 0) is 0 Å². The second-order valence-electron chi connectivity index (χ2n) is 14.0. The monoisotopic (exact) mass is 732 g/mol. The zero-order valence-corrected chi connectivity index (χ0v) is 31.0. The van der Waals surface area contributed by atoms with Crippen LogP contribution in [0.15, 0.2) is 194 Å². The van der Waals surface area contributed by atoms with Crippen molar-refractivity contribution in [2.24, 2.45) is 0 Å². The first-order valence-corrected chi connectivity index (χ1v) is 19.6. The number of fused-ring (bicyclic) bond motifs is 7. The fraction of sp³-hybridized carbons (Fsp3) is 0. The van der Waals surface area contributed by atoms with E-state index in [9.17, 15) is 0 Å². The van der Waals surface area contributed by atoms with Crippen molar-refractivity contribution >= 4 is 53.3 Å². The quantitative estimate of drug-likeness (QED) is 0.171. The standard InChI is InChI=1S/C51H32N4S/c1-5-15-33(16-6-1)36-25-27-39(43(31-36)51-53-49(34-17-7-2-8-18-34)52-50(54-51)35-19-9-3-10-20-35)37-26-28-40-41-29-30-45-47(48(41)56-46(40)32-37)42-23-13-14-24-44(42)55(45)38-21-11-4-12-22-38/h1-32H. The van der Waals surface area contributed by atoms with E-state index in [0.717, 1.165) is 44.6 Å². The lowest BCUT2D eigenvalue weighted by molar-refractivity contribution is 1.07. The minimum absolute atomic E-state index is 0.636. The Hall–Kier alpha value is -7.21. The molecule has 0 N–H and O–H groups in total. The fourth-order valence-corrected chi connectivity index (χ4v) is 9.33. The number of hydrogen-bond acceptors (Lipinski definition) is 4. The largest absolute Gasteiger partial charge is 0.309 e. The summed E-state index contributed by atoms with van der Waals surface area (Å²) in [4.78, 5) is 15.4. The molecule has 0 amide bonds. The third-order valence-corrected chi connectivity index (χ3v) is 11.9. The first-order chi connectivity index (χ1) is 27.8. The molecule has 11 rings (SSSR count). The van der Waals surface area contributed by atoms with Gasteiger partial charge in [-0.1, -0.05) is 158 Å². The average Bonchev–Trinajstić information content (AvgIpc) is 3.83. The van der Waals surface area contributed by atoms with Gasteiger partial charge in [0.15, 0.2) is 17.5 Å². The average molecular weight is 733 g/mol. The molecule has 0 radical (unpaired) electrons. The van der Waals surface area contributed by atoms with Crippen LogP contribution in [0.1, 0.15) is 0 Å². The number of benzene rings is 8. The molecule has 262 valence electrons. The summed E-state index contributed by atoms with van der Waals surface area (Å²) in [5, 5.41) is 5.09. The number of nitrogens with zero attached hydrogens (tertiary/aromatic N) is 4. The third kappa shape index (κ3) is 5.40. The van der Waals surface area contributed by atoms with Gasteiger partial charge in [0.2, 0.25) is 0 Å². The van der Waals surface area contributed by atoms with Crippen molar-refractivity contribution < 1.29 is 0 Å². The molecule has 56 heavy (non-hydrogen) atoms. The lowest BCUT2D eigenvalue weighted by atomic mass is 9.94. The highest BCUT2D eigenvalue weighted by Crippen LogP contribution is 2.45. The number of para-hydroxylation sites is 2. The summed E-state index contributed by atoms with van der Waals surface area (Å²) in [6.45, 7) is 0. The minimum atomic E-state index is 0.636. The van der Waals surface area contributed by atoms with Gasteiger partial charge in [-0.2, -0.15) is 0 Å². The van der Waals surface area contributed by atoms with Gasteiger partial charge in [-0.3, -0.25) is 0 Å². The van der Waals surface area contributed by atoms with E-state index in [0.29, 0.717) is 17.5 Å². The summed E-state index contributed by atoms with van der Waals surface area (Å²) in [6, 6.07) is 68.4. The van der Waals surface area contributed by atoms with Gasteiger partial charge in [-0.05, 0) is 58.7 Å². The maximum Gasteiger partial charge on any atom is 0.164 e. The van der Waals surface area contributed by atoms with Gasteiger partial charge in [0.1, 0.15) is 0 Å². The van der Waals surface area contributed by atoms with E-state index < -0.39 is 0 Å². The van der Waals surface area contributed by atoms with E-state index in [1.165, 1.54) is 42.0 Å². The van der Waals surface area contributed by atoms with Crippen molar-refractivity contribution in [1.29, 1.82) is 0 Å². The van der Waals surface area contributed by atoms with Crippen molar-refractivity contribution in [3.8, 4) is 62.1 Å². The van der Waals surface area contributed by atoms with Gasteiger partial charge in [0.05, 0.1) is 11.0 Å². The molecular weight excluding hydrogens is 701 g/mol. The highest BCUT2D eigenvalue weighted by Gasteiger charge is 2.20. The van der Waals surface area contributed by atoms with Crippen molar-refractivity contribution in [2.75, 3.05) is 0 Å². The Morgan fingerprint density at radius 1 is 0.357 bits per heavy atom. The second-order valence-corrected chi connectivity index (χ2v) is 15.1. The summed E-state index contributed by atoms with van der Waals surface area (Å²) in [6.07, 6.45) is 0. The van der Waals surface area contributed by atoms with Gasteiger partial charge < -0.3 is 4.57 Å². The van der Waals surface area contributed by atoms with Crippen LogP contribution in [0.3, 0.4) is 0 Å². The molecule has 3 heterocycles. The van der Waals surface area contributed by atoms with Crippen LogP contribution in [0.5, 0.6) is 0 Å². The maximum absolute atomic E-state index is 5.19. The lowest BCUT2D eigenvalue weighted by Crippen LogP contribution is -2.01. The molecule has 0 saturated heterocycles. The minimum Gasteiger partial charge on any atom is -0.309 e. The molecule has 8 aromatic carbocycles. The Kier molecular flexibility index (Phi) is 7.64. The van der Waals surface area contributed by atoms with E-state index >= 15 is 0 Å². The number of hydrogen-bond donors (Lipinski definition) is 0. The number of rotatable bonds is 6. The maximum atomic E-state index is 5.19. The summed E-state index contributed by atoms with van der Waals surface area (Å²) in [7, 11) is 0. The molecule has 0 saturated carbocycles. The Bertz CT molecular complexity index is 3170. The van der Waals surface area contributed by atoms with Crippen molar-refractivity contribution in [3.05, 3.63) is 194 Å². The van der Waals surface area contributed by atoms with E-state index in [4.69, 9.17) is 15.0 Å². The lowest BCUT2D eigenvalue weighted by Gasteiger charge is -2.14. The van der Waals surface area contributed by atoms with Gasteiger partial charge in [0, 0.05) is 53.3 Å². The first-order valence-electron chi connectivity index (χ1n) is 18.8. The van der Waals surface area contributed by atoms with Crippen LogP contribution in [0.25, 0.3) is 104 Å². The molecule has 0 aliphatic carbocycles. The zero-order valence-electron chi connectivity index (χ0n) is 30.2. The normalized spacial score (nSPS) is 11.6. The Labute approximate surface area is 327 Å². The Morgan fingerprint density at radius 3 is 1.62 bits per heavy atom. The molecule has 11 aromatic rings. The van der Waals surface area contributed by atoms with Gasteiger partial charge >= 0.3 is 0 Å².